The second-order valence-corrected chi connectivity index (χ2v) is 5.63. The number of hydrogen-bond acceptors (Lipinski definition) is 4. The van der Waals surface area contributed by atoms with Crippen LogP contribution >= 0.6 is 11.3 Å². The molecule has 1 aliphatic heterocycles. The van der Waals surface area contributed by atoms with E-state index in [2.05, 4.69) is 16.3 Å². The molecule has 1 aromatic carbocycles. The van der Waals surface area contributed by atoms with E-state index in [1.54, 1.807) is 17.4 Å². The van der Waals surface area contributed by atoms with Gasteiger partial charge in [0, 0.05) is 42.3 Å². The molecule has 0 unspecified atom stereocenters. The number of aromatic hydroxyl groups is 1. The SMILES string of the molecule is Oc1ccc2cc(CN3CCNCC3)sc2c1. The summed E-state index contributed by atoms with van der Waals surface area (Å²) >= 11 is 1.78. The summed E-state index contributed by atoms with van der Waals surface area (Å²) in [4.78, 5) is 3.86. The second kappa shape index (κ2) is 4.64. The molecule has 4 heteroatoms. The first-order valence-corrected chi connectivity index (χ1v) is 6.77. The molecule has 0 amide bonds. The third-order valence-corrected chi connectivity index (χ3v) is 4.23. The number of thiophene rings is 1. The molecule has 17 heavy (non-hydrogen) atoms. The minimum Gasteiger partial charge on any atom is -0.508 e. The third kappa shape index (κ3) is 2.44. The molecule has 3 rings (SSSR count). The van der Waals surface area contributed by atoms with Gasteiger partial charge in [-0.25, -0.2) is 0 Å². The van der Waals surface area contributed by atoms with Gasteiger partial charge in [-0.1, -0.05) is 0 Å². The van der Waals surface area contributed by atoms with Crippen molar-refractivity contribution in [1.29, 1.82) is 0 Å². The first kappa shape index (κ1) is 11.0. The molecule has 0 spiro atoms. The predicted molar refractivity (Wildman–Crippen MR) is 71.6 cm³/mol. The first-order chi connectivity index (χ1) is 8.31. The Kier molecular flexibility index (Phi) is 3.01. The molecule has 90 valence electrons. The molecular formula is C13H16N2OS. The van der Waals surface area contributed by atoms with Crippen molar-refractivity contribution in [2.24, 2.45) is 0 Å². The van der Waals surface area contributed by atoms with E-state index in [9.17, 15) is 5.11 Å². The zero-order chi connectivity index (χ0) is 11.7. The normalized spacial score (nSPS) is 17.6. The Balaban J connectivity index is 1.80. The number of phenolic OH excluding ortho intramolecular Hbond substituents is 1. The van der Waals surface area contributed by atoms with Crippen LogP contribution in [-0.4, -0.2) is 36.2 Å². The molecular weight excluding hydrogens is 232 g/mol. The van der Waals surface area contributed by atoms with E-state index in [0.29, 0.717) is 5.75 Å². The highest BCUT2D eigenvalue weighted by molar-refractivity contribution is 7.19. The molecule has 1 saturated heterocycles. The van der Waals surface area contributed by atoms with E-state index >= 15 is 0 Å². The molecule has 0 bridgehead atoms. The molecule has 2 aromatic rings. The van der Waals surface area contributed by atoms with Gasteiger partial charge >= 0.3 is 0 Å². The van der Waals surface area contributed by atoms with Crippen molar-refractivity contribution in [2.45, 2.75) is 6.54 Å². The Bertz CT molecular complexity index is 517. The molecule has 2 N–H and O–H groups in total. The lowest BCUT2D eigenvalue weighted by Crippen LogP contribution is -2.42. The summed E-state index contributed by atoms with van der Waals surface area (Å²) in [5.41, 5.74) is 0. The van der Waals surface area contributed by atoms with E-state index in [0.717, 1.165) is 32.7 Å². The monoisotopic (exact) mass is 248 g/mol. The van der Waals surface area contributed by atoms with Crippen molar-refractivity contribution in [3.63, 3.8) is 0 Å². The molecule has 0 atom stereocenters. The van der Waals surface area contributed by atoms with Crippen LogP contribution in [0.15, 0.2) is 24.3 Å². The van der Waals surface area contributed by atoms with Crippen LogP contribution in [0.5, 0.6) is 5.75 Å². The third-order valence-electron chi connectivity index (χ3n) is 3.14. The smallest absolute Gasteiger partial charge is 0.117 e. The molecule has 2 heterocycles. The Morgan fingerprint density at radius 1 is 1.24 bits per heavy atom. The van der Waals surface area contributed by atoms with Crippen LogP contribution in [0.2, 0.25) is 0 Å². The zero-order valence-corrected chi connectivity index (χ0v) is 10.5. The highest BCUT2D eigenvalue weighted by atomic mass is 32.1. The van der Waals surface area contributed by atoms with Gasteiger partial charge in [0.2, 0.25) is 0 Å². The standard InChI is InChI=1S/C13H16N2OS/c16-11-2-1-10-7-12(17-13(10)8-11)9-15-5-3-14-4-6-15/h1-2,7-8,14,16H,3-6,9H2. The number of nitrogens with zero attached hydrogens (tertiary/aromatic N) is 1. The van der Waals surface area contributed by atoms with Gasteiger partial charge in [-0.3, -0.25) is 4.90 Å². The summed E-state index contributed by atoms with van der Waals surface area (Å²) in [6, 6.07) is 7.83. The topological polar surface area (TPSA) is 35.5 Å². The number of rotatable bonds is 2. The summed E-state index contributed by atoms with van der Waals surface area (Å²) in [5, 5.41) is 14.0. The zero-order valence-electron chi connectivity index (χ0n) is 9.65. The van der Waals surface area contributed by atoms with Crippen molar-refractivity contribution >= 4 is 21.4 Å². The van der Waals surface area contributed by atoms with E-state index < -0.39 is 0 Å². The van der Waals surface area contributed by atoms with Gasteiger partial charge in [-0.2, -0.15) is 0 Å². The predicted octanol–water partition coefficient (Wildman–Crippen LogP) is 2.01. The van der Waals surface area contributed by atoms with Crippen LogP contribution in [-0.2, 0) is 6.54 Å². The fourth-order valence-electron chi connectivity index (χ4n) is 2.24. The van der Waals surface area contributed by atoms with E-state index in [-0.39, 0.29) is 0 Å². The van der Waals surface area contributed by atoms with Crippen LogP contribution in [0.4, 0.5) is 0 Å². The van der Waals surface area contributed by atoms with Crippen molar-refractivity contribution in [3.8, 4) is 5.75 Å². The van der Waals surface area contributed by atoms with Crippen molar-refractivity contribution < 1.29 is 5.11 Å². The molecule has 3 nitrogen and oxygen atoms in total. The molecule has 0 aliphatic carbocycles. The lowest BCUT2D eigenvalue weighted by atomic mass is 10.2. The number of benzene rings is 1. The van der Waals surface area contributed by atoms with Crippen molar-refractivity contribution in [3.05, 3.63) is 29.1 Å². The summed E-state index contributed by atoms with van der Waals surface area (Å²) < 4.78 is 1.18. The maximum Gasteiger partial charge on any atom is 0.117 e. The van der Waals surface area contributed by atoms with Crippen molar-refractivity contribution in [2.75, 3.05) is 26.2 Å². The molecule has 0 radical (unpaired) electrons. The number of nitrogens with one attached hydrogen (secondary N) is 1. The summed E-state index contributed by atoms with van der Waals surface area (Å²) in [6.45, 7) is 5.46. The molecule has 1 aliphatic rings. The summed E-state index contributed by atoms with van der Waals surface area (Å²) in [6.07, 6.45) is 0. The van der Waals surface area contributed by atoms with Gasteiger partial charge in [0.15, 0.2) is 0 Å². The lowest BCUT2D eigenvalue weighted by molar-refractivity contribution is 0.235. The first-order valence-electron chi connectivity index (χ1n) is 5.96. The van der Waals surface area contributed by atoms with Gasteiger partial charge < -0.3 is 10.4 Å². The number of piperazine rings is 1. The van der Waals surface area contributed by atoms with Gasteiger partial charge in [0.25, 0.3) is 0 Å². The van der Waals surface area contributed by atoms with Crippen molar-refractivity contribution in [1.82, 2.24) is 10.2 Å². The van der Waals surface area contributed by atoms with Gasteiger partial charge in [-0.15, -0.1) is 11.3 Å². The Labute approximate surface area is 105 Å². The average molecular weight is 248 g/mol. The molecule has 1 fully saturated rings. The lowest BCUT2D eigenvalue weighted by Gasteiger charge is -2.26. The van der Waals surface area contributed by atoms with E-state index in [1.807, 2.05) is 12.1 Å². The fraction of sp³-hybridized carbons (Fsp3) is 0.385. The summed E-state index contributed by atoms with van der Waals surface area (Å²) in [7, 11) is 0. The van der Waals surface area contributed by atoms with Crippen LogP contribution < -0.4 is 5.32 Å². The van der Waals surface area contributed by atoms with Gasteiger partial charge in [-0.05, 0) is 29.7 Å². The van der Waals surface area contributed by atoms with Crippen LogP contribution in [0.25, 0.3) is 10.1 Å². The molecule has 1 aromatic heterocycles. The quantitative estimate of drug-likeness (QED) is 0.853. The minimum atomic E-state index is 0.355. The Morgan fingerprint density at radius 3 is 2.88 bits per heavy atom. The minimum absolute atomic E-state index is 0.355. The largest absolute Gasteiger partial charge is 0.508 e. The van der Waals surface area contributed by atoms with Crippen LogP contribution in [0, 0.1) is 0 Å². The maximum absolute atomic E-state index is 9.45. The van der Waals surface area contributed by atoms with Gasteiger partial charge in [0.05, 0.1) is 0 Å². The van der Waals surface area contributed by atoms with E-state index in [4.69, 9.17) is 0 Å². The Morgan fingerprint density at radius 2 is 2.06 bits per heavy atom. The Hall–Kier alpha value is -1.10. The van der Waals surface area contributed by atoms with Crippen LogP contribution in [0.1, 0.15) is 4.88 Å². The fourth-order valence-corrected chi connectivity index (χ4v) is 3.38. The number of fused-ring (bicyclic) bond motifs is 1. The maximum atomic E-state index is 9.45. The number of phenols is 1. The van der Waals surface area contributed by atoms with E-state index in [1.165, 1.54) is 15.0 Å². The van der Waals surface area contributed by atoms with Gasteiger partial charge in [0.1, 0.15) is 5.75 Å². The average Bonchev–Trinajstić information content (AvgIpc) is 2.71. The highest BCUT2D eigenvalue weighted by Gasteiger charge is 2.11. The summed E-state index contributed by atoms with van der Waals surface area (Å²) in [5.74, 6) is 0.355. The second-order valence-electron chi connectivity index (χ2n) is 4.46. The number of hydrogen-bond donors (Lipinski definition) is 2. The molecule has 0 saturated carbocycles. The highest BCUT2D eigenvalue weighted by Crippen LogP contribution is 2.29. The van der Waals surface area contributed by atoms with Crippen LogP contribution in [0.3, 0.4) is 0 Å².